The Kier molecular flexibility index (Phi) is 4.51. The average Bonchev–Trinajstić information content (AvgIpc) is 2.20. The summed E-state index contributed by atoms with van der Waals surface area (Å²) in [6.45, 7) is 3.96. The van der Waals surface area contributed by atoms with Gasteiger partial charge in [0.2, 0.25) is 12.3 Å². The molecule has 4 nitrogen and oxygen atoms in total. The van der Waals surface area contributed by atoms with Gasteiger partial charge in [-0.1, -0.05) is 26.0 Å². The molecule has 0 spiro atoms. The predicted molar refractivity (Wildman–Crippen MR) is 64.2 cm³/mol. The monoisotopic (exact) mass is 220 g/mol. The van der Waals surface area contributed by atoms with Crippen LogP contribution in [0.5, 0.6) is 0 Å². The minimum Gasteiger partial charge on any atom is -0.327 e. The molecular weight excluding hydrogens is 204 g/mol. The Bertz CT molecular complexity index is 375. The zero-order valence-electron chi connectivity index (χ0n) is 9.49. The second-order valence-electron chi connectivity index (χ2n) is 3.95. The van der Waals surface area contributed by atoms with Gasteiger partial charge in [-0.25, -0.2) is 0 Å². The largest absolute Gasteiger partial charge is 0.327 e. The van der Waals surface area contributed by atoms with Gasteiger partial charge in [-0.3, -0.25) is 9.59 Å². The summed E-state index contributed by atoms with van der Waals surface area (Å²) in [7, 11) is 0. The van der Waals surface area contributed by atoms with Crippen LogP contribution in [0.15, 0.2) is 24.3 Å². The zero-order chi connectivity index (χ0) is 12.0. The number of anilines is 2. The van der Waals surface area contributed by atoms with Crippen LogP contribution in [-0.4, -0.2) is 12.3 Å². The third-order valence-corrected chi connectivity index (χ3v) is 2.01. The van der Waals surface area contributed by atoms with E-state index in [1.807, 2.05) is 13.8 Å². The smallest absolute Gasteiger partial charge is 0.224 e. The molecule has 2 N–H and O–H groups in total. The molecule has 16 heavy (non-hydrogen) atoms. The Morgan fingerprint density at radius 3 is 2.50 bits per heavy atom. The summed E-state index contributed by atoms with van der Waals surface area (Å²) < 4.78 is 0. The van der Waals surface area contributed by atoms with Crippen molar-refractivity contribution in [2.24, 2.45) is 5.92 Å². The molecule has 2 amide bonds. The van der Waals surface area contributed by atoms with Crippen LogP contribution in [-0.2, 0) is 9.59 Å². The van der Waals surface area contributed by atoms with E-state index in [9.17, 15) is 9.59 Å². The molecule has 0 radical (unpaired) electrons. The fourth-order valence-corrected chi connectivity index (χ4v) is 1.35. The summed E-state index contributed by atoms with van der Waals surface area (Å²) in [4.78, 5) is 21.9. The summed E-state index contributed by atoms with van der Waals surface area (Å²) in [6.07, 6.45) is 1.06. The molecule has 4 heteroatoms. The molecule has 86 valence electrons. The molecule has 1 aromatic carbocycles. The van der Waals surface area contributed by atoms with E-state index < -0.39 is 0 Å². The first-order valence-corrected chi connectivity index (χ1v) is 5.22. The molecular formula is C12H16N2O2. The number of para-hydroxylation sites is 2. The lowest BCUT2D eigenvalue weighted by Gasteiger charge is -2.10. The van der Waals surface area contributed by atoms with Crippen LogP contribution in [0.25, 0.3) is 0 Å². The fourth-order valence-electron chi connectivity index (χ4n) is 1.35. The maximum Gasteiger partial charge on any atom is 0.224 e. The van der Waals surface area contributed by atoms with Crippen LogP contribution in [0.1, 0.15) is 20.3 Å². The van der Waals surface area contributed by atoms with Crippen molar-refractivity contribution in [2.45, 2.75) is 20.3 Å². The van der Waals surface area contributed by atoms with E-state index in [-0.39, 0.29) is 5.91 Å². The molecule has 0 fully saturated rings. The van der Waals surface area contributed by atoms with E-state index in [0.717, 1.165) is 0 Å². The third-order valence-electron chi connectivity index (χ3n) is 2.01. The predicted octanol–water partition coefficient (Wildman–Crippen LogP) is 2.24. The molecule has 0 unspecified atom stereocenters. The Morgan fingerprint density at radius 2 is 1.94 bits per heavy atom. The van der Waals surface area contributed by atoms with E-state index in [1.165, 1.54) is 0 Å². The fraction of sp³-hybridized carbons (Fsp3) is 0.333. The summed E-state index contributed by atoms with van der Waals surface area (Å²) >= 11 is 0. The van der Waals surface area contributed by atoms with Crippen molar-refractivity contribution in [3.8, 4) is 0 Å². The van der Waals surface area contributed by atoms with Crippen molar-refractivity contribution in [2.75, 3.05) is 10.6 Å². The van der Waals surface area contributed by atoms with Gasteiger partial charge in [0.05, 0.1) is 11.4 Å². The van der Waals surface area contributed by atoms with Crippen LogP contribution in [0.4, 0.5) is 11.4 Å². The highest BCUT2D eigenvalue weighted by Crippen LogP contribution is 2.20. The van der Waals surface area contributed by atoms with Gasteiger partial charge in [0, 0.05) is 6.42 Å². The minimum absolute atomic E-state index is 0.0462. The van der Waals surface area contributed by atoms with E-state index in [4.69, 9.17) is 0 Å². The number of amides is 2. The summed E-state index contributed by atoms with van der Waals surface area (Å²) in [6, 6.07) is 7.09. The van der Waals surface area contributed by atoms with Gasteiger partial charge in [0.15, 0.2) is 0 Å². The molecule has 1 rings (SSSR count). The number of nitrogens with one attached hydrogen (secondary N) is 2. The van der Waals surface area contributed by atoms with Gasteiger partial charge >= 0.3 is 0 Å². The first-order chi connectivity index (χ1) is 7.63. The second kappa shape index (κ2) is 5.90. The molecule has 1 aromatic rings. The summed E-state index contributed by atoms with van der Waals surface area (Å²) in [5.74, 6) is 0.265. The highest BCUT2D eigenvalue weighted by molar-refractivity contribution is 5.95. The lowest BCUT2D eigenvalue weighted by molar-refractivity contribution is -0.116. The molecule has 0 bridgehead atoms. The van der Waals surface area contributed by atoms with Crippen LogP contribution < -0.4 is 10.6 Å². The number of carbonyl (C=O) groups excluding carboxylic acids is 2. The Morgan fingerprint density at radius 1 is 1.31 bits per heavy atom. The van der Waals surface area contributed by atoms with E-state index in [0.29, 0.717) is 30.1 Å². The third kappa shape index (κ3) is 3.73. The van der Waals surface area contributed by atoms with Gasteiger partial charge in [0.25, 0.3) is 0 Å². The van der Waals surface area contributed by atoms with Crippen LogP contribution in [0, 0.1) is 5.92 Å². The van der Waals surface area contributed by atoms with Crippen molar-refractivity contribution in [1.29, 1.82) is 0 Å². The number of benzene rings is 1. The number of hydrogen-bond acceptors (Lipinski definition) is 2. The Hall–Kier alpha value is -1.84. The molecule has 0 aliphatic rings. The van der Waals surface area contributed by atoms with Crippen molar-refractivity contribution in [3.63, 3.8) is 0 Å². The minimum atomic E-state index is -0.0462. The number of carbonyl (C=O) groups is 2. The number of rotatable bonds is 5. The first kappa shape index (κ1) is 12.2. The Balaban J connectivity index is 2.72. The normalized spacial score (nSPS) is 9.94. The van der Waals surface area contributed by atoms with Gasteiger partial charge in [-0.15, -0.1) is 0 Å². The first-order valence-electron chi connectivity index (χ1n) is 5.22. The molecule has 0 aliphatic heterocycles. The van der Waals surface area contributed by atoms with Crippen molar-refractivity contribution in [1.82, 2.24) is 0 Å². The highest BCUT2D eigenvalue weighted by atomic mass is 16.1. The molecule has 0 atom stereocenters. The topological polar surface area (TPSA) is 58.2 Å². The summed E-state index contributed by atoms with van der Waals surface area (Å²) in [5.41, 5.74) is 1.23. The lowest BCUT2D eigenvalue weighted by atomic mass is 10.1. The van der Waals surface area contributed by atoms with Crippen LogP contribution in [0.3, 0.4) is 0 Å². The van der Waals surface area contributed by atoms with Crippen LogP contribution in [0.2, 0.25) is 0 Å². The van der Waals surface area contributed by atoms with Crippen molar-refractivity contribution in [3.05, 3.63) is 24.3 Å². The van der Waals surface area contributed by atoms with Gasteiger partial charge in [-0.05, 0) is 18.1 Å². The maximum absolute atomic E-state index is 11.6. The molecule has 0 aromatic heterocycles. The Labute approximate surface area is 95.0 Å². The zero-order valence-corrected chi connectivity index (χ0v) is 9.49. The van der Waals surface area contributed by atoms with Crippen molar-refractivity contribution >= 4 is 23.7 Å². The van der Waals surface area contributed by atoms with Gasteiger partial charge in [0.1, 0.15) is 0 Å². The quantitative estimate of drug-likeness (QED) is 0.748. The lowest BCUT2D eigenvalue weighted by Crippen LogP contribution is -2.15. The summed E-state index contributed by atoms with van der Waals surface area (Å²) in [5, 5.41) is 5.31. The maximum atomic E-state index is 11.6. The highest BCUT2D eigenvalue weighted by Gasteiger charge is 2.07. The second-order valence-corrected chi connectivity index (χ2v) is 3.95. The molecule has 0 saturated heterocycles. The van der Waals surface area contributed by atoms with Crippen molar-refractivity contribution < 1.29 is 9.59 Å². The van der Waals surface area contributed by atoms with E-state index in [2.05, 4.69) is 10.6 Å². The van der Waals surface area contributed by atoms with E-state index in [1.54, 1.807) is 24.3 Å². The standard InChI is InChI=1S/C12H16N2O2/c1-9(2)7-12(16)14-11-6-4-3-5-10(11)13-8-15/h3-6,8-9H,7H2,1-2H3,(H,13,15)(H,14,16). The number of hydrogen-bond donors (Lipinski definition) is 2. The van der Waals surface area contributed by atoms with Gasteiger partial charge < -0.3 is 10.6 Å². The molecule has 0 saturated carbocycles. The van der Waals surface area contributed by atoms with Gasteiger partial charge in [-0.2, -0.15) is 0 Å². The average molecular weight is 220 g/mol. The van der Waals surface area contributed by atoms with Crippen LogP contribution >= 0.6 is 0 Å². The molecule has 0 aliphatic carbocycles. The molecule has 0 heterocycles. The van der Waals surface area contributed by atoms with E-state index >= 15 is 0 Å². The SMILES string of the molecule is CC(C)CC(=O)Nc1ccccc1NC=O.